The number of carbonyl (C=O) groups is 2. The molecule has 1 N–H and O–H groups in total. The highest BCUT2D eigenvalue weighted by molar-refractivity contribution is 5.79. The third-order valence-corrected chi connectivity index (χ3v) is 3.99. The van der Waals surface area contributed by atoms with Crippen LogP contribution in [-0.4, -0.2) is 35.0 Å². The Morgan fingerprint density at radius 3 is 2.77 bits per heavy atom. The van der Waals surface area contributed by atoms with Crippen LogP contribution in [-0.2, 0) is 16.0 Å². The highest BCUT2D eigenvalue weighted by Gasteiger charge is 2.24. The summed E-state index contributed by atoms with van der Waals surface area (Å²) >= 11 is 0. The molecule has 0 aliphatic carbocycles. The lowest BCUT2D eigenvalue weighted by molar-refractivity contribution is -0.137. The molecule has 1 saturated heterocycles. The van der Waals surface area contributed by atoms with Gasteiger partial charge in [-0.2, -0.15) is 0 Å². The van der Waals surface area contributed by atoms with Gasteiger partial charge in [-0.1, -0.05) is 6.07 Å². The topological polar surface area (TPSA) is 57.6 Å². The van der Waals surface area contributed by atoms with Crippen molar-refractivity contribution < 1.29 is 23.5 Å². The molecule has 1 atom stereocenters. The Labute approximate surface area is 127 Å². The fourth-order valence-electron chi connectivity index (χ4n) is 2.79. The number of likely N-dealkylation sites (tertiary alicyclic amines) is 1. The first-order valence-electron chi connectivity index (χ1n) is 7.39. The molecule has 0 aromatic heterocycles. The van der Waals surface area contributed by atoms with E-state index in [2.05, 4.69) is 0 Å². The number of rotatable bonds is 5. The number of hydrogen-bond acceptors (Lipinski definition) is 2. The van der Waals surface area contributed by atoms with Crippen molar-refractivity contribution in [3.05, 3.63) is 35.4 Å². The summed E-state index contributed by atoms with van der Waals surface area (Å²) in [7, 11) is 0. The number of hydrogen-bond donors (Lipinski definition) is 1. The predicted octanol–water partition coefficient (Wildman–Crippen LogP) is 2.61. The van der Waals surface area contributed by atoms with Gasteiger partial charge in [0.15, 0.2) is 0 Å². The Kier molecular flexibility index (Phi) is 5.46. The molecule has 1 aromatic carbocycles. The molecule has 0 bridgehead atoms. The molecule has 0 radical (unpaired) electrons. The van der Waals surface area contributed by atoms with Gasteiger partial charge in [0.2, 0.25) is 5.91 Å². The zero-order valence-electron chi connectivity index (χ0n) is 12.2. The van der Waals surface area contributed by atoms with Crippen LogP contribution in [0.3, 0.4) is 0 Å². The van der Waals surface area contributed by atoms with E-state index in [0.29, 0.717) is 19.5 Å². The van der Waals surface area contributed by atoms with Crippen LogP contribution < -0.4 is 0 Å². The summed E-state index contributed by atoms with van der Waals surface area (Å²) in [5.41, 5.74) is 0.180. The van der Waals surface area contributed by atoms with E-state index >= 15 is 0 Å². The first-order valence-corrected chi connectivity index (χ1v) is 7.39. The normalized spacial score (nSPS) is 18.3. The highest BCUT2D eigenvalue weighted by atomic mass is 19.1. The molecule has 1 heterocycles. The van der Waals surface area contributed by atoms with Crippen molar-refractivity contribution in [3.8, 4) is 0 Å². The Bertz CT molecular complexity index is 562. The van der Waals surface area contributed by atoms with Gasteiger partial charge in [-0.15, -0.1) is 0 Å². The smallest absolute Gasteiger partial charge is 0.303 e. The van der Waals surface area contributed by atoms with E-state index in [0.717, 1.165) is 25.0 Å². The Hall–Kier alpha value is -1.98. The van der Waals surface area contributed by atoms with E-state index in [4.69, 9.17) is 5.11 Å². The summed E-state index contributed by atoms with van der Waals surface area (Å²) in [5.74, 6) is -2.25. The van der Waals surface area contributed by atoms with E-state index in [1.165, 1.54) is 6.07 Å². The number of aliphatic carboxylic acids is 1. The Morgan fingerprint density at radius 2 is 2.09 bits per heavy atom. The van der Waals surface area contributed by atoms with Crippen molar-refractivity contribution >= 4 is 11.9 Å². The largest absolute Gasteiger partial charge is 0.481 e. The van der Waals surface area contributed by atoms with Crippen LogP contribution in [0.5, 0.6) is 0 Å². The number of piperidine rings is 1. The second-order valence-corrected chi connectivity index (χ2v) is 5.69. The van der Waals surface area contributed by atoms with Crippen molar-refractivity contribution in [2.24, 2.45) is 5.92 Å². The Balaban J connectivity index is 1.92. The molecule has 1 aliphatic rings. The molecule has 4 nitrogen and oxygen atoms in total. The van der Waals surface area contributed by atoms with Gasteiger partial charge in [0.05, 0.1) is 6.42 Å². The maximum absolute atomic E-state index is 13.6. The molecule has 22 heavy (non-hydrogen) atoms. The summed E-state index contributed by atoms with van der Waals surface area (Å²) in [6, 6.07) is 3.19. The zero-order chi connectivity index (χ0) is 16.1. The van der Waals surface area contributed by atoms with Crippen molar-refractivity contribution in [1.82, 2.24) is 4.90 Å². The number of carboxylic acids is 1. The van der Waals surface area contributed by atoms with Crippen LogP contribution in [0.15, 0.2) is 18.2 Å². The SMILES string of the molecule is O=C(O)CCC1CCCN(C(=O)Cc2ccc(F)cc2F)C1. The van der Waals surface area contributed by atoms with E-state index in [1.54, 1.807) is 4.90 Å². The van der Waals surface area contributed by atoms with Crippen LogP contribution >= 0.6 is 0 Å². The van der Waals surface area contributed by atoms with Gasteiger partial charge in [0.1, 0.15) is 11.6 Å². The number of carboxylic acid groups (broad SMARTS) is 1. The van der Waals surface area contributed by atoms with E-state index in [9.17, 15) is 18.4 Å². The van der Waals surface area contributed by atoms with Crippen LogP contribution in [0, 0.1) is 17.6 Å². The molecular weight excluding hydrogens is 292 g/mol. The molecule has 1 aliphatic heterocycles. The predicted molar refractivity (Wildman–Crippen MR) is 76.2 cm³/mol. The minimum Gasteiger partial charge on any atom is -0.481 e. The zero-order valence-corrected chi connectivity index (χ0v) is 12.2. The summed E-state index contributed by atoms with van der Waals surface area (Å²) < 4.78 is 26.4. The maximum atomic E-state index is 13.6. The fraction of sp³-hybridized carbons (Fsp3) is 0.500. The van der Waals surface area contributed by atoms with Crippen molar-refractivity contribution in [2.75, 3.05) is 13.1 Å². The maximum Gasteiger partial charge on any atom is 0.303 e. The van der Waals surface area contributed by atoms with Crippen molar-refractivity contribution in [2.45, 2.75) is 32.1 Å². The van der Waals surface area contributed by atoms with Crippen LogP contribution in [0.4, 0.5) is 8.78 Å². The van der Waals surface area contributed by atoms with Gasteiger partial charge in [0, 0.05) is 25.6 Å². The van der Waals surface area contributed by atoms with Gasteiger partial charge in [0.25, 0.3) is 0 Å². The third kappa shape index (κ3) is 4.51. The van der Waals surface area contributed by atoms with Crippen molar-refractivity contribution in [3.63, 3.8) is 0 Å². The van der Waals surface area contributed by atoms with Crippen molar-refractivity contribution in [1.29, 1.82) is 0 Å². The highest BCUT2D eigenvalue weighted by Crippen LogP contribution is 2.22. The number of amides is 1. The van der Waals surface area contributed by atoms with Gasteiger partial charge in [-0.05, 0) is 36.8 Å². The standard InChI is InChI=1S/C16H19F2NO3/c17-13-5-4-12(14(18)9-13)8-15(20)19-7-1-2-11(10-19)3-6-16(21)22/h4-5,9,11H,1-3,6-8,10H2,(H,21,22). The van der Waals surface area contributed by atoms with Gasteiger partial charge < -0.3 is 10.0 Å². The number of carbonyl (C=O) groups excluding carboxylic acids is 1. The van der Waals surface area contributed by atoms with Gasteiger partial charge in [-0.3, -0.25) is 9.59 Å². The molecule has 6 heteroatoms. The average molecular weight is 311 g/mol. The lowest BCUT2D eigenvalue weighted by Crippen LogP contribution is -2.40. The number of benzene rings is 1. The number of nitrogens with zero attached hydrogens (tertiary/aromatic N) is 1. The van der Waals surface area contributed by atoms with Gasteiger partial charge >= 0.3 is 5.97 Å². The summed E-state index contributed by atoms with van der Waals surface area (Å²) in [4.78, 5) is 24.5. The van der Waals surface area contributed by atoms with Crippen LogP contribution in [0.25, 0.3) is 0 Å². The Morgan fingerprint density at radius 1 is 1.32 bits per heavy atom. The van der Waals surface area contributed by atoms with E-state index < -0.39 is 17.6 Å². The fourth-order valence-corrected chi connectivity index (χ4v) is 2.79. The summed E-state index contributed by atoms with van der Waals surface area (Å²) in [5, 5.41) is 8.71. The first-order chi connectivity index (χ1) is 10.5. The quantitative estimate of drug-likeness (QED) is 0.909. The summed E-state index contributed by atoms with van der Waals surface area (Å²) in [6.45, 7) is 1.11. The molecule has 0 spiro atoms. The van der Waals surface area contributed by atoms with Gasteiger partial charge in [-0.25, -0.2) is 8.78 Å². The van der Waals surface area contributed by atoms with Crippen LogP contribution in [0.2, 0.25) is 0 Å². The minimum absolute atomic E-state index is 0.0965. The number of halogens is 2. The minimum atomic E-state index is -0.836. The van der Waals surface area contributed by atoms with Crippen LogP contribution in [0.1, 0.15) is 31.2 Å². The molecule has 0 saturated carbocycles. The first kappa shape index (κ1) is 16.4. The molecule has 1 unspecified atom stereocenters. The average Bonchev–Trinajstić information content (AvgIpc) is 2.48. The second kappa shape index (κ2) is 7.33. The molecule has 1 fully saturated rings. The molecule has 1 amide bonds. The molecule has 120 valence electrons. The molecular formula is C16H19F2NO3. The van der Waals surface area contributed by atoms with E-state index in [1.807, 2.05) is 0 Å². The third-order valence-electron chi connectivity index (χ3n) is 3.99. The monoisotopic (exact) mass is 311 g/mol. The molecule has 1 aromatic rings. The summed E-state index contributed by atoms with van der Waals surface area (Å²) in [6.07, 6.45) is 2.27. The second-order valence-electron chi connectivity index (χ2n) is 5.69. The van der Waals surface area contributed by atoms with E-state index in [-0.39, 0.29) is 30.2 Å². The lowest BCUT2D eigenvalue weighted by atomic mass is 9.93. The lowest BCUT2D eigenvalue weighted by Gasteiger charge is -2.32. The molecule has 2 rings (SSSR count).